The first kappa shape index (κ1) is 20.8. The summed E-state index contributed by atoms with van der Waals surface area (Å²) in [7, 11) is 1.60. The summed E-state index contributed by atoms with van der Waals surface area (Å²) >= 11 is 6.51. The van der Waals surface area contributed by atoms with E-state index in [1.807, 2.05) is 48.7 Å². The van der Waals surface area contributed by atoms with Crippen LogP contribution >= 0.6 is 11.6 Å². The Morgan fingerprint density at radius 3 is 2.45 bits per heavy atom. The number of halogens is 1. The molecular weight excluding hydrogens is 412 g/mol. The first-order chi connectivity index (χ1) is 15.2. The molecule has 1 heterocycles. The Morgan fingerprint density at radius 1 is 0.968 bits per heavy atom. The maximum Gasteiger partial charge on any atom is 0.257 e. The second-order valence-corrected chi connectivity index (χ2v) is 7.54. The van der Waals surface area contributed by atoms with E-state index in [0.717, 1.165) is 27.8 Å². The fourth-order valence-corrected chi connectivity index (χ4v) is 3.88. The number of ether oxygens (including phenoxy) is 2. The summed E-state index contributed by atoms with van der Waals surface area (Å²) in [5, 5.41) is 4.77. The molecule has 4 aromatic rings. The monoisotopic (exact) mass is 434 g/mol. The first-order valence-electron chi connectivity index (χ1n) is 9.99. The summed E-state index contributed by atoms with van der Waals surface area (Å²) in [5.74, 6) is 1.04. The van der Waals surface area contributed by atoms with E-state index in [-0.39, 0.29) is 18.4 Å². The van der Waals surface area contributed by atoms with Gasteiger partial charge in [-0.2, -0.15) is 0 Å². The predicted molar refractivity (Wildman–Crippen MR) is 123 cm³/mol. The molecule has 0 saturated heterocycles. The van der Waals surface area contributed by atoms with Gasteiger partial charge in [0.2, 0.25) is 0 Å². The van der Waals surface area contributed by atoms with Crippen molar-refractivity contribution in [1.29, 1.82) is 0 Å². The molecule has 1 unspecified atom stereocenters. The Labute approximate surface area is 186 Å². The van der Waals surface area contributed by atoms with Crippen LogP contribution in [0.3, 0.4) is 0 Å². The lowest BCUT2D eigenvalue weighted by Gasteiger charge is -2.19. The lowest BCUT2D eigenvalue weighted by molar-refractivity contribution is -0.123. The molecule has 0 radical (unpaired) electrons. The van der Waals surface area contributed by atoms with Gasteiger partial charge in [0.15, 0.2) is 6.61 Å². The number of nitrogens with one attached hydrogen (secondary N) is 2. The molecule has 0 saturated carbocycles. The molecule has 0 aliphatic carbocycles. The van der Waals surface area contributed by atoms with Crippen LogP contribution in [0.5, 0.6) is 11.5 Å². The normalized spacial score (nSPS) is 11.8. The summed E-state index contributed by atoms with van der Waals surface area (Å²) < 4.78 is 10.7. The molecule has 158 valence electrons. The smallest absolute Gasteiger partial charge is 0.257 e. The maximum absolute atomic E-state index is 12.5. The number of rotatable bonds is 8. The predicted octanol–water partition coefficient (Wildman–Crippen LogP) is 5.16. The number of hydrogen-bond acceptors (Lipinski definition) is 3. The van der Waals surface area contributed by atoms with Crippen molar-refractivity contribution in [2.24, 2.45) is 0 Å². The zero-order valence-corrected chi connectivity index (χ0v) is 17.9. The van der Waals surface area contributed by atoms with Gasteiger partial charge in [-0.25, -0.2) is 0 Å². The number of H-pyrrole nitrogens is 1. The molecule has 1 amide bonds. The van der Waals surface area contributed by atoms with Crippen LogP contribution in [-0.4, -0.2) is 31.2 Å². The van der Waals surface area contributed by atoms with E-state index in [2.05, 4.69) is 16.4 Å². The van der Waals surface area contributed by atoms with Crippen LogP contribution in [0, 0.1) is 0 Å². The molecule has 0 aliphatic rings. The Morgan fingerprint density at radius 2 is 1.68 bits per heavy atom. The van der Waals surface area contributed by atoms with E-state index in [1.165, 1.54) is 0 Å². The highest BCUT2D eigenvalue weighted by molar-refractivity contribution is 6.31. The minimum absolute atomic E-state index is 0.0740. The second kappa shape index (κ2) is 9.58. The van der Waals surface area contributed by atoms with Crippen LogP contribution in [0.25, 0.3) is 10.9 Å². The van der Waals surface area contributed by atoms with Crippen molar-refractivity contribution in [1.82, 2.24) is 10.3 Å². The minimum atomic E-state index is -0.201. The Kier molecular flexibility index (Phi) is 6.43. The van der Waals surface area contributed by atoms with Crippen molar-refractivity contribution in [2.75, 3.05) is 20.3 Å². The summed E-state index contributed by atoms with van der Waals surface area (Å²) in [5.41, 5.74) is 3.09. The number of amides is 1. The van der Waals surface area contributed by atoms with E-state index in [1.54, 1.807) is 31.4 Å². The summed E-state index contributed by atoms with van der Waals surface area (Å²) in [6.07, 6.45) is 1.98. The van der Waals surface area contributed by atoms with Crippen molar-refractivity contribution in [3.63, 3.8) is 0 Å². The molecule has 1 atom stereocenters. The fraction of sp³-hybridized carbons (Fsp3) is 0.160. The number of carbonyl (C=O) groups excluding carboxylic acids is 1. The number of aromatic nitrogens is 1. The summed E-state index contributed by atoms with van der Waals surface area (Å²) in [6.45, 7) is 0.325. The van der Waals surface area contributed by atoms with E-state index >= 15 is 0 Å². The quantitative estimate of drug-likeness (QED) is 0.402. The highest BCUT2D eigenvalue weighted by atomic mass is 35.5. The lowest BCUT2D eigenvalue weighted by Crippen LogP contribution is -2.32. The molecule has 3 aromatic carbocycles. The van der Waals surface area contributed by atoms with Gasteiger partial charge in [-0.3, -0.25) is 4.79 Å². The van der Waals surface area contributed by atoms with Crippen LogP contribution < -0.4 is 14.8 Å². The van der Waals surface area contributed by atoms with Gasteiger partial charge in [-0.15, -0.1) is 0 Å². The van der Waals surface area contributed by atoms with Gasteiger partial charge >= 0.3 is 0 Å². The van der Waals surface area contributed by atoms with Crippen molar-refractivity contribution in [3.05, 3.63) is 95.1 Å². The molecule has 5 nitrogen and oxygen atoms in total. The van der Waals surface area contributed by atoms with Gasteiger partial charge < -0.3 is 19.8 Å². The second-order valence-electron chi connectivity index (χ2n) is 7.13. The number of fused-ring (bicyclic) bond motifs is 1. The zero-order chi connectivity index (χ0) is 21.6. The van der Waals surface area contributed by atoms with Gasteiger partial charge in [0, 0.05) is 34.6 Å². The third-order valence-corrected chi connectivity index (χ3v) is 5.55. The standard InChI is InChI=1S/C25H23ClN2O3/c1-30-17-10-12-18(13-11-17)31-16-25(29)28-15-21(19-6-2-4-8-23(19)26)22-14-27-24-9-5-3-7-20(22)24/h2-14,21,27H,15-16H2,1H3,(H,28,29). The average Bonchev–Trinajstić information content (AvgIpc) is 3.23. The van der Waals surface area contributed by atoms with Crippen LogP contribution in [0.1, 0.15) is 17.0 Å². The third kappa shape index (κ3) is 4.84. The van der Waals surface area contributed by atoms with Gasteiger partial charge in [-0.05, 0) is 47.5 Å². The molecule has 0 aliphatic heterocycles. The topological polar surface area (TPSA) is 63.4 Å². The molecule has 1 aromatic heterocycles. The van der Waals surface area contributed by atoms with Crippen LogP contribution in [0.4, 0.5) is 0 Å². The number of carbonyl (C=O) groups is 1. The molecule has 0 fully saturated rings. The van der Waals surface area contributed by atoms with Crippen molar-refractivity contribution in [2.45, 2.75) is 5.92 Å². The number of benzene rings is 3. The van der Waals surface area contributed by atoms with E-state index < -0.39 is 0 Å². The van der Waals surface area contributed by atoms with Gasteiger partial charge in [-0.1, -0.05) is 48.0 Å². The highest BCUT2D eigenvalue weighted by Crippen LogP contribution is 2.34. The fourth-order valence-electron chi connectivity index (χ4n) is 3.62. The lowest BCUT2D eigenvalue weighted by atomic mass is 9.91. The number of aromatic amines is 1. The highest BCUT2D eigenvalue weighted by Gasteiger charge is 2.21. The minimum Gasteiger partial charge on any atom is -0.497 e. The van der Waals surface area contributed by atoms with Crippen LogP contribution in [0.2, 0.25) is 5.02 Å². The van der Waals surface area contributed by atoms with Crippen molar-refractivity contribution < 1.29 is 14.3 Å². The van der Waals surface area contributed by atoms with E-state index in [4.69, 9.17) is 21.1 Å². The third-order valence-electron chi connectivity index (χ3n) is 5.21. The van der Waals surface area contributed by atoms with Crippen molar-refractivity contribution in [3.8, 4) is 11.5 Å². The van der Waals surface area contributed by atoms with Gasteiger partial charge in [0.25, 0.3) is 5.91 Å². The number of hydrogen-bond donors (Lipinski definition) is 2. The molecular formula is C25H23ClN2O3. The maximum atomic E-state index is 12.5. The summed E-state index contributed by atoms with van der Waals surface area (Å²) in [6, 6.07) is 22.9. The first-order valence-corrected chi connectivity index (χ1v) is 10.4. The van der Waals surface area contributed by atoms with Crippen molar-refractivity contribution >= 4 is 28.4 Å². The molecule has 0 spiro atoms. The molecule has 4 rings (SSSR count). The largest absolute Gasteiger partial charge is 0.497 e. The van der Waals surface area contributed by atoms with Gasteiger partial charge in [0.05, 0.1) is 7.11 Å². The number of para-hydroxylation sites is 1. The van der Waals surface area contributed by atoms with E-state index in [0.29, 0.717) is 17.3 Å². The van der Waals surface area contributed by atoms with Gasteiger partial charge in [0.1, 0.15) is 11.5 Å². The SMILES string of the molecule is COc1ccc(OCC(=O)NCC(c2ccccc2Cl)c2c[nH]c3ccccc23)cc1. The Hall–Kier alpha value is -3.44. The molecule has 31 heavy (non-hydrogen) atoms. The summed E-state index contributed by atoms with van der Waals surface area (Å²) in [4.78, 5) is 15.8. The Bertz CT molecular complexity index is 1170. The Balaban J connectivity index is 1.49. The zero-order valence-electron chi connectivity index (χ0n) is 17.1. The molecule has 6 heteroatoms. The van der Waals surface area contributed by atoms with Crippen LogP contribution in [-0.2, 0) is 4.79 Å². The number of methoxy groups -OCH3 is 1. The van der Waals surface area contributed by atoms with Crippen LogP contribution in [0.15, 0.2) is 79.0 Å². The molecule has 2 N–H and O–H groups in total. The van der Waals surface area contributed by atoms with E-state index in [9.17, 15) is 4.79 Å². The average molecular weight is 435 g/mol. The molecule has 0 bridgehead atoms.